The molecule has 6 heteroatoms. The number of nitrogens with one attached hydrogen (secondary N) is 1. The number of nitrogens with two attached hydrogens (primary N) is 1. The first-order valence-electron chi connectivity index (χ1n) is 8.55. The zero-order valence-corrected chi connectivity index (χ0v) is 14.7. The van der Waals surface area contributed by atoms with Crippen LogP contribution in [0.1, 0.15) is 37.9 Å². The molecule has 132 valence electrons. The zero-order valence-electron chi connectivity index (χ0n) is 14.7. The number of piperazine rings is 1. The Morgan fingerprint density at radius 3 is 2.96 bits per heavy atom. The van der Waals surface area contributed by atoms with Crippen molar-refractivity contribution in [3.63, 3.8) is 0 Å². The number of benzene rings is 1. The highest BCUT2D eigenvalue weighted by atomic mass is 16.6. The molecular formula is C18H27N3O3. The van der Waals surface area contributed by atoms with Crippen molar-refractivity contribution in [3.8, 4) is 5.75 Å². The van der Waals surface area contributed by atoms with Crippen LogP contribution in [0.25, 0.3) is 0 Å². The lowest BCUT2D eigenvalue weighted by Crippen LogP contribution is -2.50. The SMILES string of the molecule is CC(C)(C)OC(=O)N1CCNCC1c1ccc2c(c1)OCC(N)C2. The van der Waals surface area contributed by atoms with Crippen LogP contribution in [0.5, 0.6) is 5.75 Å². The van der Waals surface area contributed by atoms with Crippen LogP contribution in [-0.4, -0.2) is 48.9 Å². The first-order chi connectivity index (χ1) is 11.3. The van der Waals surface area contributed by atoms with Gasteiger partial charge in [0.2, 0.25) is 0 Å². The van der Waals surface area contributed by atoms with Gasteiger partial charge in [0.25, 0.3) is 0 Å². The summed E-state index contributed by atoms with van der Waals surface area (Å²) < 4.78 is 11.3. The van der Waals surface area contributed by atoms with Crippen molar-refractivity contribution >= 4 is 6.09 Å². The maximum atomic E-state index is 12.6. The van der Waals surface area contributed by atoms with Gasteiger partial charge in [0.1, 0.15) is 18.0 Å². The van der Waals surface area contributed by atoms with Gasteiger partial charge in [-0.15, -0.1) is 0 Å². The summed E-state index contributed by atoms with van der Waals surface area (Å²) in [5, 5.41) is 3.36. The van der Waals surface area contributed by atoms with E-state index in [0.29, 0.717) is 19.7 Å². The molecule has 2 atom stereocenters. The number of ether oxygens (including phenoxy) is 2. The first-order valence-corrected chi connectivity index (χ1v) is 8.55. The summed E-state index contributed by atoms with van der Waals surface area (Å²) in [5.41, 5.74) is 7.64. The lowest BCUT2D eigenvalue weighted by molar-refractivity contribution is 0.0117. The monoisotopic (exact) mass is 333 g/mol. The minimum Gasteiger partial charge on any atom is -0.492 e. The molecule has 1 saturated heterocycles. The van der Waals surface area contributed by atoms with Crippen LogP contribution in [0.4, 0.5) is 4.79 Å². The fraction of sp³-hybridized carbons (Fsp3) is 0.611. The molecule has 2 aliphatic rings. The summed E-state index contributed by atoms with van der Waals surface area (Å²) in [6.45, 7) is 8.30. The van der Waals surface area contributed by atoms with E-state index in [9.17, 15) is 4.79 Å². The highest BCUT2D eigenvalue weighted by Gasteiger charge is 2.32. The van der Waals surface area contributed by atoms with E-state index in [4.69, 9.17) is 15.2 Å². The second-order valence-corrected chi connectivity index (χ2v) is 7.54. The number of hydrogen-bond acceptors (Lipinski definition) is 5. The van der Waals surface area contributed by atoms with E-state index in [-0.39, 0.29) is 18.2 Å². The topological polar surface area (TPSA) is 76.8 Å². The van der Waals surface area contributed by atoms with Crippen LogP contribution in [0.3, 0.4) is 0 Å². The van der Waals surface area contributed by atoms with E-state index in [2.05, 4.69) is 17.4 Å². The summed E-state index contributed by atoms with van der Waals surface area (Å²) >= 11 is 0. The van der Waals surface area contributed by atoms with Crippen LogP contribution in [0.2, 0.25) is 0 Å². The number of carbonyl (C=O) groups is 1. The molecule has 1 aromatic carbocycles. The normalized spacial score (nSPS) is 24.1. The van der Waals surface area contributed by atoms with Crippen molar-refractivity contribution < 1.29 is 14.3 Å². The number of hydrogen-bond donors (Lipinski definition) is 2. The van der Waals surface area contributed by atoms with Gasteiger partial charge in [-0.3, -0.25) is 4.90 Å². The van der Waals surface area contributed by atoms with Crippen molar-refractivity contribution in [1.82, 2.24) is 10.2 Å². The molecule has 24 heavy (non-hydrogen) atoms. The molecule has 3 rings (SSSR count). The van der Waals surface area contributed by atoms with Gasteiger partial charge in [0, 0.05) is 25.7 Å². The Balaban J connectivity index is 1.82. The van der Waals surface area contributed by atoms with E-state index < -0.39 is 5.60 Å². The number of carbonyl (C=O) groups excluding carboxylic acids is 1. The van der Waals surface area contributed by atoms with Crippen LogP contribution in [0.15, 0.2) is 18.2 Å². The maximum absolute atomic E-state index is 12.6. The Bertz CT molecular complexity index is 612. The molecular weight excluding hydrogens is 306 g/mol. The molecule has 0 spiro atoms. The molecule has 0 radical (unpaired) electrons. The minimum absolute atomic E-state index is 0.0537. The second-order valence-electron chi connectivity index (χ2n) is 7.54. The lowest BCUT2D eigenvalue weighted by Gasteiger charge is -2.37. The summed E-state index contributed by atoms with van der Waals surface area (Å²) in [6, 6.07) is 6.16. The Morgan fingerprint density at radius 1 is 1.42 bits per heavy atom. The molecule has 1 amide bonds. The fourth-order valence-corrected chi connectivity index (χ4v) is 3.16. The molecule has 2 aliphatic heterocycles. The standard InChI is InChI=1S/C18H27N3O3/c1-18(2,3)24-17(22)21-7-6-20-10-15(21)12-4-5-13-8-14(19)11-23-16(13)9-12/h4-5,9,14-15,20H,6-8,10-11,19H2,1-3H3. The summed E-state index contributed by atoms with van der Waals surface area (Å²) in [6.07, 6.45) is 0.559. The number of rotatable bonds is 1. The van der Waals surface area contributed by atoms with Gasteiger partial charge in [-0.2, -0.15) is 0 Å². The number of fused-ring (bicyclic) bond motifs is 1. The Morgan fingerprint density at radius 2 is 2.21 bits per heavy atom. The van der Waals surface area contributed by atoms with E-state index in [1.165, 1.54) is 0 Å². The average molecular weight is 333 g/mol. The highest BCUT2D eigenvalue weighted by molar-refractivity contribution is 5.69. The Hall–Kier alpha value is -1.79. The van der Waals surface area contributed by atoms with Crippen molar-refractivity contribution in [2.45, 2.75) is 44.9 Å². The predicted octanol–water partition coefficient (Wildman–Crippen LogP) is 1.83. The van der Waals surface area contributed by atoms with E-state index in [1.807, 2.05) is 26.8 Å². The smallest absolute Gasteiger partial charge is 0.410 e. The van der Waals surface area contributed by atoms with Crippen molar-refractivity contribution in [1.29, 1.82) is 0 Å². The summed E-state index contributed by atoms with van der Waals surface area (Å²) in [5.74, 6) is 0.879. The third-order valence-electron chi connectivity index (χ3n) is 4.28. The Kier molecular flexibility index (Phi) is 4.69. The number of amides is 1. The molecule has 0 bridgehead atoms. The van der Waals surface area contributed by atoms with Crippen LogP contribution in [-0.2, 0) is 11.2 Å². The van der Waals surface area contributed by atoms with Crippen LogP contribution in [0, 0.1) is 0 Å². The molecule has 3 N–H and O–H groups in total. The molecule has 2 unspecified atom stereocenters. The van der Waals surface area contributed by atoms with Crippen LogP contribution >= 0.6 is 0 Å². The van der Waals surface area contributed by atoms with Gasteiger partial charge in [-0.25, -0.2) is 4.79 Å². The van der Waals surface area contributed by atoms with Gasteiger partial charge in [-0.1, -0.05) is 12.1 Å². The lowest BCUT2D eigenvalue weighted by atomic mass is 9.97. The van der Waals surface area contributed by atoms with Gasteiger partial charge < -0.3 is 20.5 Å². The Labute approximate surface area is 143 Å². The average Bonchev–Trinajstić information content (AvgIpc) is 2.53. The fourth-order valence-electron chi connectivity index (χ4n) is 3.16. The van der Waals surface area contributed by atoms with Gasteiger partial charge >= 0.3 is 6.09 Å². The van der Waals surface area contributed by atoms with E-state index >= 15 is 0 Å². The third-order valence-corrected chi connectivity index (χ3v) is 4.28. The molecule has 2 heterocycles. The second kappa shape index (κ2) is 6.61. The van der Waals surface area contributed by atoms with Crippen molar-refractivity contribution in [3.05, 3.63) is 29.3 Å². The molecule has 6 nitrogen and oxygen atoms in total. The van der Waals surface area contributed by atoms with Gasteiger partial charge in [0.15, 0.2) is 0 Å². The summed E-state index contributed by atoms with van der Waals surface area (Å²) in [7, 11) is 0. The quantitative estimate of drug-likeness (QED) is 0.820. The third kappa shape index (κ3) is 3.82. The largest absolute Gasteiger partial charge is 0.492 e. The van der Waals surface area contributed by atoms with Gasteiger partial charge in [0.05, 0.1) is 6.04 Å². The summed E-state index contributed by atoms with van der Waals surface area (Å²) in [4.78, 5) is 14.4. The van der Waals surface area contributed by atoms with Crippen LogP contribution < -0.4 is 15.8 Å². The predicted molar refractivity (Wildman–Crippen MR) is 92.2 cm³/mol. The van der Waals surface area contributed by atoms with E-state index in [0.717, 1.165) is 29.8 Å². The molecule has 0 saturated carbocycles. The zero-order chi connectivity index (χ0) is 17.3. The molecule has 1 aromatic rings. The van der Waals surface area contributed by atoms with E-state index in [1.54, 1.807) is 4.90 Å². The maximum Gasteiger partial charge on any atom is 0.410 e. The van der Waals surface area contributed by atoms with Gasteiger partial charge in [-0.05, 0) is 44.4 Å². The van der Waals surface area contributed by atoms with Crippen molar-refractivity contribution in [2.75, 3.05) is 26.2 Å². The van der Waals surface area contributed by atoms with Crippen molar-refractivity contribution in [2.24, 2.45) is 5.73 Å². The minimum atomic E-state index is -0.498. The molecule has 0 aliphatic carbocycles. The molecule has 1 fully saturated rings. The molecule has 0 aromatic heterocycles. The highest BCUT2D eigenvalue weighted by Crippen LogP contribution is 2.31. The number of nitrogens with zero attached hydrogens (tertiary/aromatic N) is 1. The first kappa shape index (κ1) is 17.0.